The van der Waals surface area contributed by atoms with Crippen molar-refractivity contribution in [3.05, 3.63) is 36.0 Å². The van der Waals surface area contributed by atoms with E-state index in [-0.39, 0.29) is 5.11 Å². The number of hydrogen-bond donors (Lipinski definition) is 2. The lowest BCUT2D eigenvalue weighted by Gasteiger charge is -2.08. The largest absolute Gasteiger partial charge is 0.376 e. The van der Waals surface area contributed by atoms with Crippen molar-refractivity contribution in [1.82, 2.24) is 4.98 Å². The highest BCUT2D eigenvalue weighted by atomic mass is 32.1. The lowest BCUT2D eigenvalue weighted by atomic mass is 10.1. The molecule has 0 spiro atoms. The molecule has 0 saturated heterocycles. The molecule has 3 N–H and O–H groups in total. The van der Waals surface area contributed by atoms with Gasteiger partial charge in [0.25, 0.3) is 0 Å². The number of rotatable bonds is 1. The maximum absolute atomic E-state index is 5.44. The normalized spacial score (nSPS) is 10.2. The lowest BCUT2D eigenvalue weighted by Crippen LogP contribution is -2.19. The number of nitrogens with one attached hydrogen (secondary N) is 1. The number of anilines is 1. The van der Waals surface area contributed by atoms with Crippen LogP contribution in [0.4, 0.5) is 5.69 Å². The second-order valence-corrected chi connectivity index (χ2v) is 3.79. The Morgan fingerprint density at radius 1 is 1.47 bits per heavy atom. The van der Waals surface area contributed by atoms with Gasteiger partial charge in [-0.1, -0.05) is 6.07 Å². The molecule has 0 radical (unpaired) electrons. The van der Waals surface area contributed by atoms with E-state index in [4.69, 9.17) is 18.0 Å². The van der Waals surface area contributed by atoms with Crippen molar-refractivity contribution in [2.75, 3.05) is 5.32 Å². The molecule has 1 aromatic heterocycles. The Labute approximate surface area is 93.3 Å². The predicted octanol–water partition coefficient (Wildman–Crippen LogP) is 2.20. The summed E-state index contributed by atoms with van der Waals surface area (Å²) in [5, 5.41) is 4.32. The second-order valence-electron chi connectivity index (χ2n) is 3.35. The molecule has 0 bridgehead atoms. The van der Waals surface area contributed by atoms with Gasteiger partial charge < -0.3 is 11.1 Å². The molecule has 0 saturated carbocycles. The first-order valence-electron chi connectivity index (χ1n) is 4.58. The maximum atomic E-state index is 5.44. The molecule has 0 aliphatic rings. The Kier molecular flexibility index (Phi) is 2.51. The Balaban J connectivity index is 2.56. The summed E-state index contributed by atoms with van der Waals surface area (Å²) in [6.45, 7) is 2.01. The molecule has 0 unspecified atom stereocenters. The van der Waals surface area contributed by atoms with Crippen LogP contribution in [0.15, 0.2) is 30.5 Å². The third-order valence-corrected chi connectivity index (χ3v) is 2.31. The quantitative estimate of drug-likeness (QED) is 0.719. The van der Waals surface area contributed by atoms with Gasteiger partial charge in [-0.25, -0.2) is 0 Å². The molecule has 4 heteroatoms. The van der Waals surface area contributed by atoms with Crippen LogP contribution in [0.5, 0.6) is 0 Å². The van der Waals surface area contributed by atoms with Crippen molar-refractivity contribution in [2.45, 2.75) is 6.92 Å². The summed E-state index contributed by atoms with van der Waals surface area (Å²) in [5.41, 5.74) is 8.38. The zero-order chi connectivity index (χ0) is 10.8. The third-order valence-electron chi connectivity index (χ3n) is 2.21. The van der Waals surface area contributed by atoms with E-state index < -0.39 is 0 Å². The van der Waals surface area contributed by atoms with Crippen molar-refractivity contribution in [3.63, 3.8) is 0 Å². The molecule has 0 aliphatic carbocycles. The molecule has 3 nitrogen and oxygen atoms in total. The van der Waals surface area contributed by atoms with Crippen LogP contribution < -0.4 is 11.1 Å². The van der Waals surface area contributed by atoms with Crippen LogP contribution in [-0.4, -0.2) is 10.1 Å². The predicted molar refractivity (Wildman–Crippen MR) is 66.9 cm³/mol. The van der Waals surface area contributed by atoms with Gasteiger partial charge in [-0.15, -0.1) is 0 Å². The van der Waals surface area contributed by atoms with Crippen LogP contribution in [0.2, 0.25) is 0 Å². The zero-order valence-corrected chi connectivity index (χ0v) is 9.14. The molecule has 2 rings (SSSR count). The fourth-order valence-electron chi connectivity index (χ4n) is 1.50. The summed E-state index contributed by atoms with van der Waals surface area (Å²) in [6, 6.07) is 7.95. The van der Waals surface area contributed by atoms with Gasteiger partial charge >= 0.3 is 0 Å². The van der Waals surface area contributed by atoms with E-state index in [1.807, 2.05) is 25.1 Å². The number of thiocarbonyl (C=S) groups is 1. The lowest BCUT2D eigenvalue weighted by molar-refractivity contribution is 1.39. The fourth-order valence-corrected chi connectivity index (χ4v) is 1.61. The minimum atomic E-state index is 0.272. The number of nitrogens with two attached hydrogens (primary N) is 1. The molecular weight excluding hydrogens is 206 g/mol. The van der Waals surface area contributed by atoms with Crippen LogP contribution in [0.1, 0.15) is 5.56 Å². The van der Waals surface area contributed by atoms with Crippen LogP contribution in [0.25, 0.3) is 10.9 Å². The number of pyridine rings is 1. The molecule has 2 aromatic rings. The van der Waals surface area contributed by atoms with E-state index in [1.54, 1.807) is 6.20 Å². The minimum absolute atomic E-state index is 0.272. The Hall–Kier alpha value is -1.68. The monoisotopic (exact) mass is 217 g/mol. The molecule has 0 aliphatic heterocycles. The number of nitrogens with zero attached hydrogens (tertiary/aromatic N) is 1. The van der Waals surface area contributed by atoms with Crippen LogP contribution in [-0.2, 0) is 0 Å². The Bertz CT molecular complexity index is 522. The maximum Gasteiger partial charge on any atom is 0.168 e. The van der Waals surface area contributed by atoms with Gasteiger partial charge in [0.05, 0.1) is 5.52 Å². The SMILES string of the molecule is Cc1cc2cccnc2cc1NC(N)=S. The summed E-state index contributed by atoms with van der Waals surface area (Å²) >= 11 is 4.81. The molecule has 0 fully saturated rings. The van der Waals surface area contributed by atoms with E-state index in [1.165, 1.54) is 0 Å². The Morgan fingerprint density at radius 3 is 3.00 bits per heavy atom. The van der Waals surface area contributed by atoms with Crippen molar-refractivity contribution in [3.8, 4) is 0 Å². The summed E-state index contributed by atoms with van der Waals surface area (Å²) < 4.78 is 0. The first-order valence-corrected chi connectivity index (χ1v) is 4.99. The summed E-state index contributed by atoms with van der Waals surface area (Å²) in [6.07, 6.45) is 1.77. The first kappa shape index (κ1) is 9.86. The average Bonchev–Trinajstić information content (AvgIpc) is 2.18. The number of benzene rings is 1. The third kappa shape index (κ3) is 2.05. The van der Waals surface area contributed by atoms with Crippen LogP contribution in [0.3, 0.4) is 0 Å². The molecule has 1 heterocycles. The van der Waals surface area contributed by atoms with E-state index in [0.717, 1.165) is 22.2 Å². The molecule has 1 aromatic carbocycles. The van der Waals surface area contributed by atoms with Crippen molar-refractivity contribution >= 4 is 33.9 Å². The van der Waals surface area contributed by atoms with Gasteiger partial charge in [0.2, 0.25) is 0 Å². The summed E-state index contributed by atoms with van der Waals surface area (Å²) in [5.74, 6) is 0. The van der Waals surface area contributed by atoms with Gasteiger partial charge in [0.1, 0.15) is 0 Å². The average molecular weight is 217 g/mol. The topological polar surface area (TPSA) is 50.9 Å². The fraction of sp³-hybridized carbons (Fsp3) is 0.0909. The molecule has 15 heavy (non-hydrogen) atoms. The zero-order valence-electron chi connectivity index (χ0n) is 8.32. The van der Waals surface area contributed by atoms with Crippen molar-refractivity contribution in [2.24, 2.45) is 5.73 Å². The van der Waals surface area contributed by atoms with Crippen LogP contribution in [0, 0.1) is 6.92 Å². The number of aryl methyl sites for hydroxylation is 1. The minimum Gasteiger partial charge on any atom is -0.376 e. The van der Waals surface area contributed by atoms with Crippen molar-refractivity contribution < 1.29 is 0 Å². The standard InChI is InChI=1S/C11H11N3S/c1-7-5-8-3-2-4-13-10(8)6-9(7)14-11(12)15/h2-6H,1H3,(H3,12,14,15). The van der Waals surface area contributed by atoms with E-state index in [0.29, 0.717) is 0 Å². The highest BCUT2D eigenvalue weighted by Gasteiger charge is 2.02. The molecular formula is C11H11N3S. The number of fused-ring (bicyclic) bond motifs is 1. The number of hydrogen-bond acceptors (Lipinski definition) is 2. The summed E-state index contributed by atoms with van der Waals surface area (Å²) in [4.78, 5) is 4.27. The van der Waals surface area contributed by atoms with Gasteiger partial charge in [-0.2, -0.15) is 0 Å². The molecule has 0 amide bonds. The Morgan fingerprint density at radius 2 is 2.27 bits per heavy atom. The van der Waals surface area contributed by atoms with Gasteiger partial charge in [-0.05, 0) is 42.9 Å². The first-order chi connectivity index (χ1) is 7.16. The van der Waals surface area contributed by atoms with Gasteiger partial charge in [0, 0.05) is 17.3 Å². The molecule has 0 atom stereocenters. The molecule has 76 valence electrons. The second kappa shape index (κ2) is 3.82. The van der Waals surface area contributed by atoms with Crippen molar-refractivity contribution in [1.29, 1.82) is 0 Å². The highest BCUT2D eigenvalue weighted by Crippen LogP contribution is 2.21. The highest BCUT2D eigenvalue weighted by molar-refractivity contribution is 7.80. The van der Waals surface area contributed by atoms with E-state index in [9.17, 15) is 0 Å². The number of aromatic nitrogens is 1. The smallest absolute Gasteiger partial charge is 0.168 e. The van der Waals surface area contributed by atoms with Crippen LogP contribution >= 0.6 is 12.2 Å². The van der Waals surface area contributed by atoms with E-state index >= 15 is 0 Å². The van der Waals surface area contributed by atoms with Gasteiger partial charge in [0.15, 0.2) is 5.11 Å². The van der Waals surface area contributed by atoms with E-state index in [2.05, 4.69) is 16.4 Å². The summed E-state index contributed by atoms with van der Waals surface area (Å²) in [7, 11) is 0. The van der Waals surface area contributed by atoms with Gasteiger partial charge in [-0.3, -0.25) is 4.98 Å².